The van der Waals surface area contributed by atoms with Crippen molar-refractivity contribution in [3.63, 3.8) is 0 Å². The topological polar surface area (TPSA) is 53.7 Å². The number of furan rings is 1. The molecule has 1 aliphatic rings. The van der Waals surface area contributed by atoms with E-state index in [-0.39, 0.29) is 17.9 Å². The number of para-hydroxylation sites is 1. The van der Waals surface area contributed by atoms with E-state index in [1.807, 2.05) is 30.3 Å². The Morgan fingerprint density at radius 2 is 2.09 bits per heavy atom. The molecule has 4 heteroatoms. The van der Waals surface area contributed by atoms with Gasteiger partial charge in [0.2, 0.25) is 5.91 Å². The Balaban J connectivity index is 1.60. The van der Waals surface area contributed by atoms with Crippen LogP contribution < -0.4 is 0 Å². The summed E-state index contributed by atoms with van der Waals surface area (Å²) in [5.74, 6) is 0.979. The third kappa shape index (κ3) is 3.33. The fourth-order valence-electron chi connectivity index (χ4n) is 3.24. The summed E-state index contributed by atoms with van der Waals surface area (Å²) in [6.07, 6.45) is 4.06. The number of nitrogens with zero attached hydrogens (tertiary/aromatic N) is 1. The second-order valence-corrected chi connectivity index (χ2v) is 6.32. The Bertz CT molecular complexity index is 616. The lowest BCUT2D eigenvalue weighted by Crippen LogP contribution is -2.33. The molecule has 0 unspecified atom stereocenters. The first-order valence-electron chi connectivity index (χ1n) is 8.03. The second kappa shape index (κ2) is 6.53. The molecular formula is C18H23NO3. The van der Waals surface area contributed by atoms with Crippen LogP contribution in [-0.2, 0) is 11.3 Å². The first-order valence-corrected chi connectivity index (χ1v) is 8.03. The van der Waals surface area contributed by atoms with E-state index in [0.29, 0.717) is 13.0 Å². The average Bonchev–Trinajstić information content (AvgIpc) is 2.91. The van der Waals surface area contributed by atoms with Gasteiger partial charge >= 0.3 is 0 Å². The van der Waals surface area contributed by atoms with Crippen LogP contribution >= 0.6 is 0 Å². The van der Waals surface area contributed by atoms with Crippen molar-refractivity contribution in [2.75, 3.05) is 7.05 Å². The Morgan fingerprint density at radius 3 is 2.86 bits per heavy atom. The molecule has 2 atom stereocenters. The molecule has 1 N–H and O–H groups in total. The van der Waals surface area contributed by atoms with E-state index < -0.39 is 0 Å². The van der Waals surface area contributed by atoms with Gasteiger partial charge in [0.05, 0.1) is 12.6 Å². The number of benzene rings is 1. The van der Waals surface area contributed by atoms with Gasteiger partial charge in [-0.15, -0.1) is 0 Å². The monoisotopic (exact) mass is 301 g/mol. The summed E-state index contributed by atoms with van der Waals surface area (Å²) in [5, 5.41) is 11.1. The smallest absolute Gasteiger partial charge is 0.223 e. The van der Waals surface area contributed by atoms with Crippen LogP contribution in [0.5, 0.6) is 0 Å². The van der Waals surface area contributed by atoms with Gasteiger partial charge in [-0.25, -0.2) is 0 Å². The van der Waals surface area contributed by atoms with Crippen molar-refractivity contribution < 1.29 is 14.3 Å². The molecule has 1 aliphatic carbocycles. The van der Waals surface area contributed by atoms with E-state index in [1.165, 1.54) is 0 Å². The number of carbonyl (C=O) groups excluding carboxylic acids is 1. The van der Waals surface area contributed by atoms with Crippen LogP contribution in [-0.4, -0.2) is 29.1 Å². The molecule has 1 aromatic heterocycles. The van der Waals surface area contributed by atoms with Crippen LogP contribution in [0.4, 0.5) is 0 Å². The van der Waals surface area contributed by atoms with Gasteiger partial charge in [0.25, 0.3) is 0 Å². The summed E-state index contributed by atoms with van der Waals surface area (Å²) in [4.78, 5) is 14.0. The maximum atomic E-state index is 12.3. The fraction of sp³-hybridized carbons (Fsp3) is 0.500. The quantitative estimate of drug-likeness (QED) is 0.942. The molecule has 1 amide bonds. The summed E-state index contributed by atoms with van der Waals surface area (Å²) in [7, 11) is 1.80. The molecule has 1 saturated carbocycles. The third-order valence-electron chi connectivity index (χ3n) is 4.60. The Kier molecular flexibility index (Phi) is 4.48. The summed E-state index contributed by atoms with van der Waals surface area (Å²) in [5.41, 5.74) is 0.848. The summed E-state index contributed by atoms with van der Waals surface area (Å²) < 4.78 is 5.76. The predicted octanol–water partition coefficient (Wildman–Crippen LogP) is 3.33. The minimum Gasteiger partial charge on any atom is -0.459 e. The molecule has 3 rings (SSSR count). The Morgan fingerprint density at radius 1 is 1.32 bits per heavy atom. The third-order valence-corrected chi connectivity index (χ3v) is 4.60. The lowest BCUT2D eigenvalue weighted by Gasteiger charge is -2.28. The maximum absolute atomic E-state index is 12.3. The molecule has 0 spiro atoms. The van der Waals surface area contributed by atoms with Gasteiger partial charge in [-0.3, -0.25) is 4.79 Å². The number of amides is 1. The first-order chi connectivity index (χ1) is 10.6. The number of carbonyl (C=O) groups is 1. The van der Waals surface area contributed by atoms with Crippen molar-refractivity contribution in [3.05, 3.63) is 36.1 Å². The fourth-order valence-corrected chi connectivity index (χ4v) is 3.24. The van der Waals surface area contributed by atoms with Crippen LogP contribution in [0.2, 0.25) is 0 Å². The van der Waals surface area contributed by atoms with Crippen LogP contribution in [0.3, 0.4) is 0 Å². The van der Waals surface area contributed by atoms with E-state index in [1.54, 1.807) is 11.9 Å². The predicted molar refractivity (Wildman–Crippen MR) is 85.3 cm³/mol. The van der Waals surface area contributed by atoms with Gasteiger partial charge in [0.1, 0.15) is 11.3 Å². The Hall–Kier alpha value is -1.81. The highest BCUT2D eigenvalue weighted by Gasteiger charge is 2.26. The molecule has 1 fully saturated rings. The maximum Gasteiger partial charge on any atom is 0.223 e. The lowest BCUT2D eigenvalue weighted by atomic mass is 9.84. The molecule has 4 nitrogen and oxygen atoms in total. The van der Waals surface area contributed by atoms with Crippen molar-refractivity contribution >= 4 is 16.9 Å². The van der Waals surface area contributed by atoms with Gasteiger partial charge in [-0.2, -0.15) is 0 Å². The highest BCUT2D eigenvalue weighted by Crippen LogP contribution is 2.28. The zero-order valence-electron chi connectivity index (χ0n) is 13.0. The zero-order chi connectivity index (χ0) is 15.5. The minimum absolute atomic E-state index is 0.0754. The number of aliphatic hydroxyl groups is 1. The molecule has 0 radical (unpaired) electrons. The normalized spacial score (nSPS) is 21.9. The standard InChI is InChI=1S/C18H23NO3/c1-19(18(21)11-13-6-2-4-8-16(13)20)12-15-10-14-7-3-5-9-17(14)22-15/h3,5,7,9-10,13,16,20H,2,4,6,8,11-12H2,1H3/t13-,16+/m0/s1. The van der Waals surface area contributed by atoms with Gasteiger partial charge < -0.3 is 14.4 Å². The molecule has 1 aromatic carbocycles. The second-order valence-electron chi connectivity index (χ2n) is 6.32. The van der Waals surface area contributed by atoms with Crippen molar-refractivity contribution in [2.45, 2.75) is 44.8 Å². The number of rotatable bonds is 4. The molecular weight excluding hydrogens is 278 g/mol. The highest BCUT2D eigenvalue weighted by atomic mass is 16.3. The number of fused-ring (bicyclic) bond motifs is 1. The number of hydrogen-bond donors (Lipinski definition) is 1. The van der Waals surface area contributed by atoms with E-state index in [4.69, 9.17) is 4.42 Å². The molecule has 2 aromatic rings. The number of hydrogen-bond acceptors (Lipinski definition) is 3. The lowest BCUT2D eigenvalue weighted by molar-refractivity contribution is -0.133. The van der Waals surface area contributed by atoms with Gasteiger partial charge in [-0.05, 0) is 30.9 Å². The number of aliphatic hydroxyl groups excluding tert-OH is 1. The van der Waals surface area contributed by atoms with Crippen LogP contribution in [0.15, 0.2) is 34.7 Å². The first kappa shape index (κ1) is 15.1. The summed E-state index contributed by atoms with van der Waals surface area (Å²) in [6, 6.07) is 9.83. The molecule has 1 heterocycles. The molecule has 118 valence electrons. The van der Waals surface area contributed by atoms with Crippen LogP contribution in [0, 0.1) is 5.92 Å². The molecule has 0 bridgehead atoms. The molecule has 0 saturated heterocycles. The SMILES string of the molecule is CN(Cc1cc2ccccc2o1)C(=O)C[C@@H]1CCCC[C@H]1O. The van der Waals surface area contributed by atoms with Crippen molar-refractivity contribution in [2.24, 2.45) is 5.92 Å². The average molecular weight is 301 g/mol. The highest BCUT2D eigenvalue weighted by molar-refractivity contribution is 5.78. The van der Waals surface area contributed by atoms with Gasteiger partial charge in [0.15, 0.2) is 0 Å². The van der Waals surface area contributed by atoms with Crippen molar-refractivity contribution in [3.8, 4) is 0 Å². The van der Waals surface area contributed by atoms with Crippen LogP contribution in [0.25, 0.3) is 11.0 Å². The summed E-state index contributed by atoms with van der Waals surface area (Å²) >= 11 is 0. The molecule has 0 aliphatic heterocycles. The largest absolute Gasteiger partial charge is 0.459 e. The van der Waals surface area contributed by atoms with E-state index in [2.05, 4.69) is 0 Å². The minimum atomic E-state index is -0.322. The summed E-state index contributed by atoms with van der Waals surface area (Å²) in [6.45, 7) is 0.469. The van der Waals surface area contributed by atoms with E-state index in [0.717, 1.165) is 42.4 Å². The van der Waals surface area contributed by atoms with Gasteiger partial charge in [0, 0.05) is 18.9 Å². The van der Waals surface area contributed by atoms with Crippen molar-refractivity contribution in [1.82, 2.24) is 4.90 Å². The molecule has 22 heavy (non-hydrogen) atoms. The Labute approximate surface area is 130 Å². The zero-order valence-corrected chi connectivity index (χ0v) is 13.0. The van der Waals surface area contributed by atoms with E-state index in [9.17, 15) is 9.90 Å². The van der Waals surface area contributed by atoms with Gasteiger partial charge in [-0.1, -0.05) is 31.0 Å². The van der Waals surface area contributed by atoms with E-state index >= 15 is 0 Å². The van der Waals surface area contributed by atoms with Crippen LogP contribution in [0.1, 0.15) is 37.9 Å². The van der Waals surface area contributed by atoms with Crippen molar-refractivity contribution in [1.29, 1.82) is 0 Å².